The van der Waals surface area contributed by atoms with Crippen LogP contribution in [0.25, 0.3) is 0 Å². The summed E-state index contributed by atoms with van der Waals surface area (Å²) in [5, 5.41) is 0. The molecule has 1 aliphatic rings. The third kappa shape index (κ3) is 1.92. The molecule has 0 unspecified atom stereocenters. The molecule has 1 aliphatic carbocycles. The van der Waals surface area contributed by atoms with Crippen LogP contribution in [0.1, 0.15) is 12.8 Å². The maximum absolute atomic E-state index is 5.80. The zero-order valence-corrected chi connectivity index (χ0v) is 8.32. The molecule has 0 radical (unpaired) electrons. The molecule has 0 atom stereocenters. The van der Waals surface area contributed by atoms with E-state index in [9.17, 15) is 0 Å². The summed E-state index contributed by atoms with van der Waals surface area (Å²) in [6, 6.07) is 5.54. The number of nitrogens with two attached hydrogens (primary N) is 1. The molecule has 1 fully saturated rings. The van der Waals surface area contributed by atoms with Gasteiger partial charge < -0.3 is 15.2 Å². The van der Waals surface area contributed by atoms with E-state index in [1.165, 1.54) is 12.8 Å². The number of rotatable bonds is 4. The first-order valence-electron chi connectivity index (χ1n) is 4.86. The highest BCUT2D eigenvalue weighted by Gasteiger charge is 2.23. The number of methoxy groups -OCH3 is 1. The standard InChI is InChI=1S/C11H15NO2/c1-13-10-4-2-3-9(12)11(10)14-7-8-5-6-8/h2-4,8H,5-7,12H2,1H3. The highest BCUT2D eigenvalue weighted by atomic mass is 16.5. The van der Waals surface area contributed by atoms with Crippen LogP contribution in [0.4, 0.5) is 5.69 Å². The van der Waals surface area contributed by atoms with Crippen LogP contribution in [-0.2, 0) is 0 Å². The summed E-state index contributed by atoms with van der Waals surface area (Å²) in [5.41, 5.74) is 6.44. The van der Waals surface area contributed by atoms with Crippen LogP contribution in [-0.4, -0.2) is 13.7 Å². The van der Waals surface area contributed by atoms with E-state index in [-0.39, 0.29) is 0 Å². The van der Waals surface area contributed by atoms with Crippen molar-refractivity contribution < 1.29 is 9.47 Å². The Kier molecular flexibility index (Phi) is 2.48. The summed E-state index contributed by atoms with van der Waals surface area (Å²) < 4.78 is 10.8. The van der Waals surface area contributed by atoms with E-state index in [1.54, 1.807) is 7.11 Å². The number of hydrogen-bond donors (Lipinski definition) is 1. The molecule has 0 amide bonds. The molecule has 0 aromatic heterocycles. The molecule has 76 valence electrons. The van der Waals surface area contributed by atoms with Gasteiger partial charge in [-0.05, 0) is 30.9 Å². The van der Waals surface area contributed by atoms with E-state index in [1.807, 2.05) is 18.2 Å². The number of para-hydroxylation sites is 1. The minimum absolute atomic E-state index is 0.644. The van der Waals surface area contributed by atoms with Gasteiger partial charge in [-0.3, -0.25) is 0 Å². The van der Waals surface area contributed by atoms with Gasteiger partial charge in [-0.2, -0.15) is 0 Å². The topological polar surface area (TPSA) is 44.5 Å². The van der Waals surface area contributed by atoms with Gasteiger partial charge >= 0.3 is 0 Å². The molecule has 0 heterocycles. The van der Waals surface area contributed by atoms with Gasteiger partial charge in [0.2, 0.25) is 0 Å². The fourth-order valence-electron chi connectivity index (χ4n) is 1.33. The highest BCUT2D eigenvalue weighted by Crippen LogP contribution is 2.36. The third-order valence-electron chi connectivity index (χ3n) is 2.39. The Morgan fingerprint density at radius 1 is 1.43 bits per heavy atom. The maximum atomic E-state index is 5.80. The molecular weight excluding hydrogens is 178 g/mol. The Morgan fingerprint density at radius 3 is 2.86 bits per heavy atom. The Labute approximate surface area is 83.8 Å². The molecule has 3 heteroatoms. The van der Waals surface area contributed by atoms with Crippen LogP contribution in [0, 0.1) is 5.92 Å². The number of ether oxygens (including phenoxy) is 2. The van der Waals surface area contributed by atoms with Gasteiger partial charge in [0.1, 0.15) is 0 Å². The van der Waals surface area contributed by atoms with Gasteiger partial charge in [-0.1, -0.05) is 6.07 Å². The first-order valence-corrected chi connectivity index (χ1v) is 4.86. The zero-order chi connectivity index (χ0) is 9.97. The van der Waals surface area contributed by atoms with Crippen molar-refractivity contribution in [2.45, 2.75) is 12.8 Å². The Balaban J connectivity index is 2.11. The Morgan fingerprint density at radius 2 is 2.21 bits per heavy atom. The van der Waals surface area contributed by atoms with Crippen molar-refractivity contribution in [1.29, 1.82) is 0 Å². The summed E-state index contributed by atoms with van der Waals surface area (Å²) in [6.45, 7) is 0.755. The van der Waals surface area contributed by atoms with Crippen LogP contribution in [0.3, 0.4) is 0 Å². The summed E-state index contributed by atoms with van der Waals surface area (Å²) in [4.78, 5) is 0. The van der Waals surface area contributed by atoms with Crippen molar-refractivity contribution in [3.63, 3.8) is 0 Å². The maximum Gasteiger partial charge on any atom is 0.184 e. The van der Waals surface area contributed by atoms with Crippen molar-refractivity contribution in [1.82, 2.24) is 0 Å². The molecule has 14 heavy (non-hydrogen) atoms. The van der Waals surface area contributed by atoms with E-state index >= 15 is 0 Å². The minimum Gasteiger partial charge on any atom is -0.493 e. The van der Waals surface area contributed by atoms with Gasteiger partial charge in [-0.15, -0.1) is 0 Å². The third-order valence-corrected chi connectivity index (χ3v) is 2.39. The van der Waals surface area contributed by atoms with Crippen molar-refractivity contribution in [2.75, 3.05) is 19.5 Å². The van der Waals surface area contributed by atoms with Gasteiger partial charge in [0.05, 0.1) is 19.4 Å². The highest BCUT2D eigenvalue weighted by molar-refractivity contribution is 5.60. The predicted octanol–water partition coefficient (Wildman–Crippen LogP) is 2.07. The van der Waals surface area contributed by atoms with Gasteiger partial charge in [0, 0.05) is 0 Å². The lowest BCUT2D eigenvalue weighted by Gasteiger charge is -2.12. The first-order chi connectivity index (χ1) is 6.81. The van der Waals surface area contributed by atoms with E-state index in [0.717, 1.165) is 12.5 Å². The average molecular weight is 193 g/mol. The normalized spacial score (nSPS) is 15.2. The lowest BCUT2D eigenvalue weighted by Crippen LogP contribution is -2.03. The minimum atomic E-state index is 0.644. The van der Waals surface area contributed by atoms with Crippen LogP contribution in [0.15, 0.2) is 18.2 Å². The fourth-order valence-corrected chi connectivity index (χ4v) is 1.33. The SMILES string of the molecule is COc1cccc(N)c1OCC1CC1. The molecule has 0 saturated heterocycles. The quantitative estimate of drug-likeness (QED) is 0.744. The van der Waals surface area contributed by atoms with E-state index < -0.39 is 0 Å². The number of anilines is 1. The van der Waals surface area contributed by atoms with Crippen LogP contribution >= 0.6 is 0 Å². The average Bonchev–Trinajstić information content (AvgIpc) is 2.99. The summed E-state index contributed by atoms with van der Waals surface area (Å²) >= 11 is 0. The van der Waals surface area contributed by atoms with Crippen molar-refractivity contribution >= 4 is 5.69 Å². The molecule has 2 N–H and O–H groups in total. The van der Waals surface area contributed by atoms with Crippen molar-refractivity contribution in [3.05, 3.63) is 18.2 Å². The molecule has 0 spiro atoms. The first kappa shape index (κ1) is 9.19. The Hall–Kier alpha value is -1.38. The number of hydrogen-bond acceptors (Lipinski definition) is 3. The van der Waals surface area contributed by atoms with Crippen molar-refractivity contribution in [3.8, 4) is 11.5 Å². The van der Waals surface area contributed by atoms with E-state index in [4.69, 9.17) is 15.2 Å². The molecule has 2 rings (SSSR count). The van der Waals surface area contributed by atoms with Crippen molar-refractivity contribution in [2.24, 2.45) is 5.92 Å². The van der Waals surface area contributed by atoms with E-state index in [2.05, 4.69) is 0 Å². The lowest BCUT2D eigenvalue weighted by molar-refractivity contribution is 0.282. The summed E-state index contributed by atoms with van der Waals surface area (Å²) in [6.07, 6.45) is 2.55. The molecule has 0 bridgehead atoms. The second-order valence-corrected chi connectivity index (χ2v) is 3.63. The largest absolute Gasteiger partial charge is 0.493 e. The lowest BCUT2D eigenvalue weighted by atomic mass is 10.3. The smallest absolute Gasteiger partial charge is 0.184 e. The number of benzene rings is 1. The molecule has 1 saturated carbocycles. The molecule has 0 aliphatic heterocycles. The van der Waals surface area contributed by atoms with E-state index in [0.29, 0.717) is 17.2 Å². The van der Waals surface area contributed by atoms with Gasteiger partial charge in [-0.25, -0.2) is 0 Å². The van der Waals surface area contributed by atoms with Crippen LogP contribution in [0.2, 0.25) is 0 Å². The van der Waals surface area contributed by atoms with Crippen LogP contribution in [0.5, 0.6) is 11.5 Å². The second-order valence-electron chi connectivity index (χ2n) is 3.63. The molecular formula is C11H15NO2. The van der Waals surface area contributed by atoms with Crippen LogP contribution < -0.4 is 15.2 Å². The van der Waals surface area contributed by atoms with Gasteiger partial charge in [0.15, 0.2) is 11.5 Å². The number of nitrogen functional groups attached to an aromatic ring is 1. The molecule has 1 aromatic rings. The van der Waals surface area contributed by atoms with Gasteiger partial charge in [0.25, 0.3) is 0 Å². The fraction of sp³-hybridized carbons (Fsp3) is 0.455. The monoisotopic (exact) mass is 193 g/mol. The second kappa shape index (κ2) is 3.78. The molecule has 1 aromatic carbocycles. The zero-order valence-electron chi connectivity index (χ0n) is 8.32. The molecule has 3 nitrogen and oxygen atoms in total. The Bertz CT molecular complexity index is 321. The predicted molar refractivity (Wildman–Crippen MR) is 55.6 cm³/mol. The summed E-state index contributed by atoms with van der Waals surface area (Å²) in [7, 11) is 1.62. The summed E-state index contributed by atoms with van der Waals surface area (Å²) in [5.74, 6) is 2.12.